The normalized spacial score (nSPS) is 16.8. The first-order valence-corrected chi connectivity index (χ1v) is 10.9. The molecular formula is C29H24N2O. The molecule has 3 heteroatoms. The van der Waals surface area contributed by atoms with Gasteiger partial charge in [0.05, 0.1) is 5.69 Å². The predicted molar refractivity (Wildman–Crippen MR) is 131 cm³/mol. The Balaban J connectivity index is 1.74. The van der Waals surface area contributed by atoms with Crippen molar-refractivity contribution >= 4 is 16.6 Å². The Hall–Kier alpha value is -3.98. The summed E-state index contributed by atoms with van der Waals surface area (Å²) in [7, 11) is 4.13. The standard InChI is InChI=1S/C29H24N2O/c1-31(2)22-18-16-21(17-19-22)29(20-10-4-3-5-11-20)27-23-12-6-8-14-25(23)30-28(27)24-13-7-9-15-26(24)32-29/h3-19,30H,1-2H3. The maximum absolute atomic E-state index is 7.05. The molecular weight excluding hydrogens is 392 g/mol. The van der Waals surface area contributed by atoms with E-state index in [0.29, 0.717) is 0 Å². The first kappa shape index (κ1) is 18.8. The average Bonchev–Trinajstić information content (AvgIpc) is 3.25. The molecule has 6 rings (SSSR count). The van der Waals surface area contributed by atoms with Crippen molar-refractivity contribution in [2.45, 2.75) is 5.60 Å². The van der Waals surface area contributed by atoms with Crippen LogP contribution in [0, 0.1) is 0 Å². The number of hydrogen-bond acceptors (Lipinski definition) is 2. The first-order chi connectivity index (χ1) is 15.7. The van der Waals surface area contributed by atoms with Crippen LogP contribution in [0.2, 0.25) is 0 Å². The topological polar surface area (TPSA) is 28.3 Å². The van der Waals surface area contributed by atoms with Crippen LogP contribution in [0.1, 0.15) is 16.7 Å². The zero-order valence-electron chi connectivity index (χ0n) is 18.2. The van der Waals surface area contributed by atoms with Crippen molar-refractivity contribution in [2.24, 2.45) is 0 Å². The van der Waals surface area contributed by atoms with Gasteiger partial charge in [0.15, 0.2) is 5.60 Å². The maximum atomic E-state index is 7.05. The van der Waals surface area contributed by atoms with E-state index in [1.807, 2.05) is 6.07 Å². The van der Waals surface area contributed by atoms with Crippen LogP contribution in [0.15, 0.2) is 103 Å². The number of nitrogens with zero attached hydrogens (tertiary/aromatic N) is 1. The zero-order valence-corrected chi connectivity index (χ0v) is 18.2. The Morgan fingerprint density at radius 3 is 2.12 bits per heavy atom. The molecule has 5 aromatic rings. The van der Waals surface area contributed by atoms with Crippen LogP contribution in [0.5, 0.6) is 5.75 Å². The fourth-order valence-corrected chi connectivity index (χ4v) is 4.93. The van der Waals surface area contributed by atoms with Gasteiger partial charge >= 0.3 is 0 Å². The largest absolute Gasteiger partial charge is 0.472 e. The number of aromatic amines is 1. The molecule has 1 atom stereocenters. The summed E-state index contributed by atoms with van der Waals surface area (Å²) in [5, 5.41) is 1.18. The van der Waals surface area contributed by atoms with E-state index in [0.717, 1.165) is 44.9 Å². The molecule has 1 N–H and O–H groups in total. The third kappa shape index (κ3) is 2.61. The minimum atomic E-state index is -0.768. The summed E-state index contributed by atoms with van der Waals surface area (Å²) in [4.78, 5) is 5.83. The van der Waals surface area contributed by atoms with Gasteiger partial charge in [0.2, 0.25) is 0 Å². The van der Waals surface area contributed by atoms with E-state index in [9.17, 15) is 0 Å². The van der Waals surface area contributed by atoms with Gasteiger partial charge in [-0.15, -0.1) is 0 Å². The van der Waals surface area contributed by atoms with Crippen molar-refractivity contribution in [3.8, 4) is 17.0 Å². The molecule has 0 saturated heterocycles. The van der Waals surface area contributed by atoms with Gasteiger partial charge < -0.3 is 14.6 Å². The molecule has 0 amide bonds. The Kier molecular flexibility index (Phi) is 4.12. The Morgan fingerprint density at radius 2 is 1.34 bits per heavy atom. The summed E-state index contributed by atoms with van der Waals surface area (Å²) in [5.74, 6) is 0.882. The molecule has 1 aliphatic rings. The Bertz CT molecular complexity index is 1420. The number of nitrogens with one attached hydrogen (secondary N) is 1. The maximum Gasteiger partial charge on any atom is 0.187 e. The van der Waals surface area contributed by atoms with E-state index >= 15 is 0 Å². The lowest BCUT2D eigenvalue weighted by Crippen LogP contribution is -2.38. The number of anilines is 1. The highest BCUT2D eigenvalue weighted by molar-refractivity contribution is 5.95. The summed E-state index contributed by atoms with van der Waals surface area (Å²) in [6.45, 7) is 0. The third-order valence-corrected chi connectivity index (χ3v) is 6.45. The number of benzene rings is 4. The molecule has 1 unspecified atom stereocenters. The van der Waals surface area contributed by atoms with Gasteiger partial charge in [-0.2, -0.15) is 0 Å². The fourth-order valence-electron chi connectivity index (χ4n) is 4.93. The summed E-state index contributed by atoms with van der Waals surface area (Å²) in [5.41, 5.74) is 7.10. The summed E-state index contributed by atoms with van der Waals surface area (Å²) in [6, 6.07) is 36.1. The average molecular weight is 417 g/mol. The lowest BCUT2D eigenvalue weighted by molar-refractivity contribution is 0.153. The third-order valence-electron chi connectivity index (χ3n) is 6.45. The van der Waals surface area contributed by atoms with E-state index < -0.39 is 5.60 Å². The van der Waals surface area contributed by atoms with Crippen molar-refractivity contribution in [2.75, 3.05) is 19.0 Å². The second-order valence-electron chi connectivity index (χ2n) is 8.51. The zero-order chi connectivity index (χ0) is 21.7. The molecule has 32 heavy (non-hydrogen) atoms. The molecule has 0 bridgehead atoms. The predicted octanol–water partition coefficient (Wildman–Crippen LogP) is 6.59. The number of fused-ring (bicyclic) bond motifs is 5. The van der Waals surface area contributed by atoms with Crippen molar-refractivity contribution in [1.82, 2.24) is 4.98 Å². The van der Waals surface area contributed by atoms with Crippen molar-refractivity contribution in [3.05, 3.63) is 120 Å². The minimum Gasteiger partial charge on any atom is -0.472 e. The quantitative estimate of drug-likeness (QED) is 0.360. The molecule has 0 spiro atoms. The monoisotopic (exact) mass is 416 g/mol. The van der Waals surface area contributed by atoms with E-state index in [1.54, 1.807) is 0 Å². The van der Waals surface area contributed by atoms with Crippen molar-refractivity contribution < 1.29 is 4.74 Å². The summed E-state index contributed by atoms with van der Waals surface area (Å²) in [6.07, 6.45) is 0. The number of para-hydroxylation sites is 2. The van der Waals surface area contributed by atoms with Crippen molar-refractivity contribution in [3.63, 3.8) is 0 Å². The highest BCUT2D eigenvalue weighted by Gasteiger charge is 2.46. The van der Waals surface area contributed by atoms with Crippen LogP contribution in [0.3, 0.4) is 0 Å². The van der Waals surface area contributed by atoms with Crippen LogP contribution >= 0.6 is 0 Å². The molecule has 1 aromatic heterocycles. The Labute approximate surface area is 187 Å². The SMILES string of the molecule is CN(C)c1ccc(C2(c3ccccc3)Oc3ccccc3-c3[nH]c4ccccc4c32)cc1. The van der Waals surface area contributed by atoms with Crippen LogP contribution in [0.4, 0.5) is 5.69 Å². The molecule has 0 fully saturated rings. The highest BCUT2D eigenvalue weighted by atomic mass is 16.5. The molecule has 0 saturated carbocycles. The van der Waals surface area contributed by atoms with Crippen LogP contribution in [0.25, 0.3) is 22.2 Å². The first-order valence-electron chi connectivity index (χ1n) is 10.9. The lowest BCUT2D eigenvalue weighted by atomic mass is 9.76. The molecule has 3 nitrogen and oxygen atoms in total. The highest BCUT2D eigenvalue weighted by Crippen LogP contribution is 2.53. The van der Waals surface area contributed by atoms with E-state index in [2.05, 4.69) is 121 Å². The minimum absolute atomic E-state index is 0.768. The molecule has 4 aromatic carbocycles. The number of hydrogen-bond donors (Lipinski definition) is 1. The molecule has 2 heterocycles. The molecule has 0 radical (unpaired) electrons. The second kappa shape index (κ2) is 7.03. The second-order valence-corrected chi connectivity index (χ2v) is 8.51. The summed E-state index contributed by atoms with van der Waals surface area (Å²) >= 11 is 0. The van der Waals surface area contributed by atoms with E-state index in [1.165, 1.54) is 5.39 Å². The number of rotatable bonds is 3. The molecule has 0 aliphatic carbocycles. The van der Waals surface area contributed by atoms with Gasteiger partial charge in [-0.3, -0.25) is 0 Å². The fraction of sp³-hybridized carbons (Fsp3) is 0.103. The van der Waals surface area contributed by atoms with Gasteiger partial charge in [0.25, 0.3) is 0 Å². The van der Waals surface area contributed by atoms with Gasteiger partial charge in [0, 0.05) is 52.9 Å². The van der Waals surface area contributed by atoms with Crippen LogP contribution in [-0.2, 0) is 5.60 Å². The van der Waals surface area contributed by atoms with Gasteiger partial charge in [-0.05, 0) is 30.3 Å². The number of aromatic nitrogens is 1. The summed E-state index contributed by atoms with van der Waals surface area (Å²) < 4.78 is 7.05. The van der Waals surface area contributed by atoms with Crippen molar-refractivity contribution in [1.29, 1.82) is 0 Å². The number of ether oxygens (including phenoxy) is 1. The lowest BCUT2D eigenvalue weighted by Gasteiger charge is -2.40. The number of H-pyrrole nitrogens is 1. The smallest absolute Gasteiger partial charge is 0.187 e. The van der Waals surface area contributed by atoms with Crippen LogP contribution in [-0.4, -0.2) is 19.1 Å². The van der Waals surface area contributed by atoms with Gasteiger partial charge in [-0.25, -0.2) is 0 Å². The van der Waals surface area contributed by atoms with Gasteiger partial charge in [0.1, 0.15) is 5.75 Å². The molecule has 156 valence electrons. The Morgan fingerprint density at radius 1 is 0.688 bits per heavy atom. The molecule has 1 aliphatic heterocycles. The van der Waals surface area contributed by atoms with E-state index in [4.69, 9.17) is 4.74 Å². The van der Waals surface area contributed by atoms with E-state index in [-0.39, 0.29) is 0 Å². The van der Waals surface area contributed by atoms with Crippen LogP contribution < -0.4 is 9.64 Å². The van der Waals surface area contributed by atoms with Gasteiger partial charge in [-0.1, -0.05) is 72.8 Å².